The van der Waals surface area contributed by atoms with Gasteiger partial charge in [0.25, 0.3) is 0 Å². The molecule has 0 bridgehead atoms. The van der Waals surface area contributed by atoms with E-state index in [1.54, 1.807) is 0 Å². The van der Waals surface area contributed by atoms with Crippen molar-refractivity contribution in [1.29, 1.82) is 0 Å². The molecule has 0 aliphatic rings. The van der Waals surface area contributed by atoms with E-state index in [0.29, 0.717) is 22.5 Å². The maximum Gasteiger partial charge on any atom is 0.230 e. The summed E-state index contributed by atoms with van der Waals surface area (Å²) < 4.78 is 1.99. The second kappa shape index (κ2) is 9.94. The molecule has 0 radical (unpaired) electrons. The number of benzene rings is 2. The third kappa shape index (κ3) is 5.84. The number of nitrogens with one attached hydrogen (secondary N) is 1. The summed E-state index contributed by atoms with van der Waals surface area (Å²) in [6, 6.07) is 17.8. The fourth-order valence-corrected chi connectivity index (χ4v) is 3.64. The van der Waals surface area contributed by atoms with Gasteiger partial charge in [0.1, 0.15) is 5.82 Å². The lowest BCUT2D eigenvalue weighted by molar-refractivity contribution is -0.119. The lowest BCUT2D eigenvalue weighted by atomic mass is 10.1. The molecule has 3 rings (SSSR count). The van der Waals surface area contributed by atoms with Gasteiger partial charge in [-0.3, -0.25) is 9.36 Å². The molecule has 7 heteroatoms. The van der Waals surface area contributed by atoms with Gasteiger partial charge in [0.2, 0.25) is 5.91 Å². The van der Waals surface area contributed by atoms with E-state index in [1.165, 1.54) is 11.8 Å². The number of thioether (sulfide) groups is 1. The fourth-order valence-electron chi connectivity index (χ4n) is 2.73. The van der Waals surface area contributed by atoms with Crippen molar-refractivity contribution in [3.63, 3.8) is 0 Å². The molecule has 29 heavy (non-hydrogen) atoms. The van der Waals surface area contributed by atoms with E-state index in [0.717, 1.165) is 17.1 Å². The zero-order valence-corrected chi connectivity index (χ0v) is 18.4. The van der Waals surface area contributed by atoms with Gasteiger partial charge in [0.15, 0.2) is 5.16 Å². The first-order valence-corrected chi connectivity index (χ1v) is 11.0. The van der Waals surface area contributed by atoms with E-state index >= 15 is 0 Å². The Morgan fingerprint density at radius 2 is 1.76 bits per heavy atom. The second-order valence-corrected chi connectivity index (χ2v) is 8.64. The molecular formula is C22H25ClN4OS. The maximum absolute atomic E-state index is 12.3. The highest BCUT2D eigenvalue weighted by Gasteiger charge is 2.17. The van der Waals surface area contributed by atoms with Gasteiger partial charge in [-0.2, -0.15) is 0 Å². The normalized spacial score (nSPS) is 12.2. The van der Waals surface area contributed by atoms with Gasteiger partial charge in [0, 0.05) is 23.2 Å². The number of hydrogen-bond donors (Lipinski definition) is 1. The average Bonchev–Trinajstić information content (AvgIpc) is 3.10. The van der Waals surface area contributed by atoms with Crippen molar-refractivity contribution in [1.82, 2.24) is 20.1 Å². The minimum atomic E-state index is -0.00790. The number of carbonyl (C=O) groups excluding carboxylic acids is 1. The Labute approximate surface area is 180 Å². The third-order valence-electron chi connectivity index (χ3n) is 4.71. The van der Waals surface area contributed by atoms with Crippen LogP contribution < -0.4 is 5.32 Å². The lowest BCUT2D eigenvalue weighted by Gasteiger charge is -2.17. The summed E-state index contributed by atoms with van der Waals surface area (Å²) >= 11 is 7.44. The summed E-state index contributed by atoms with van der Waals surface area (Å²) in [5, 5.41) is 13.1. The van der Waals surface area contributed by atoms with Gasteiger partial charge in [-0.25, -0.2) is 0 Å². The van der Waals surface area contributed by atoms with Gasteiger partial charge in [-0.1, -0.05) is 67.5 Å². The van der Waals surface area contributed by atoms with Crippen LogP contribution in [0.2, 0.25) is 5.02 Å². The van der Waals surface area contributed by atoms with Crippen LogP contribution in [0.1, 0.15) is 32.2 Å². The van der Waals surface area contributed by atoms with Crippen LogP contribution in [0, 0.1) is 5.92 Å². The van der Waals surface area contributed by atoms with Crippen molar-refractivity contribution in [3.8, 4) is 5.69 Å². The molecule has 0 aliphatic carbocycles. The van der Waals surface area contributed by atoms with Crippen molar-refractivity contribution in [2.45, 2.75) is 38.4 Å². The van der Waals surface area contributed by atoms with Crippen LogP contribution in [0.15, 0.2) is 59.8 Å². The Hall–Kier alpha value is -2.31. The number of carbonyl (C=O) groups is 1. The van der Waals surface area contributed by atoms with Crippen LogP contribution in [0.5, 0.6) is 0 Å². The van der Waals surface area contributed by atoms with E-state index in [2.05, 4.69) is 41.5 Å². The third-order valence-corrected chi connectivity index (χ3v) is 5.89. The molecule has 0 spiro atoms. The van der Waals surface area contributed by atoms with Crippen LogP contribution in [0.3, 0.4) is 0 Å². The number of amides is 1. The summed E-state index contributed by atoms with van der Waals surface area (Å²) in [5.41, 5.74) is 2.07. The number of hydrogen-bond acceptors (Lipinski definition) is 4. The van der Waals surface area contributed by atoms with Crippen LogP contribution in [0.25, 0.3) is 5.69 Å². The first-order valence-electron chi connectivity index (χ1n) is 9.60. The smallest absolute Gasteiger partial charge is 0.230 e. The summed E-state index contributed by atoms with van der Waals surface area (Å²) in [4.78, 5) is 12.3. The molecule has 1 atom stereocenters. The van der Waals surface area contributed by atoms with E-state index < -0.39 is 0 Å². The number of halogens is 1. The highest BCUT2D eigenvalue weighted by molar-refractivity contribution is 7.99. The quantitative estimate of drug-likeness (QED) is 0.525. The molecule has 1 aromatic heterocycles. The van der Waals surface area contributed by atoms with Crippen molar-refractivity contribution in [2.24, 2.45) is 5.92 Å². The number of nitrogens with zero attached hydrogens (tertiary/aromatic N) is 3. The highest BCUT2D eigenvalue weighted by atomic mass is 35.5. The maximum atomic E-state index is 12.3. The van der Waals surface area contributed by atoms with Gasteiger partial charge in [-0.15, -0.1) is 10.2 Å². The second-order valence-electron chi connectivity index (χ2n) is 7.26. The van der Waals surface area contributed by atoms with Gasteiger partial charge in [-0.05, 0) is 42.7 Å². The standard InChI is InChI=1S/C22H25ClN4OS/c1-15(2)16(3)24-21(28)14-29-22-26-25-20(13-17-7-5-4-6-8-17)27(22)19-11-9-18(23)10-12-19/h4-12,15-16H,13-14H2,1-3H3,(H,24,28). The molecule has 1 amide bonds. The molecule has 0 aliphatic heterocycles. The Bertz CT molecular complexity index is 941. The van der Waals surface area contributed by atoms with E-state index in [4.69, 9.17) is 11.6 Å². The zero-order valence-electron chi connectivity index (χ0n) is 16.8. The Balaban J connectivity index is 1.83. The zero-order chi connectivity index (χ0) is 20.8. The van der Waals surface area contributed by atoms with Crippen molar-refractivity contribution < 1.29 is 4.79 Å². The minimum Gasteiger partial charge on any atom is -0.353 e. The average molecular weight is 429 g/mol. The van der Waals surface area contributed by atoms with Crippen molar-refractivity contribution >= 4 is 29.3 Å². The van der Waals surface area contributed by atoms with Gasteiger partial charge in [0.05, 0.1) is 5.75 Å². The van der Waals surface area contributed by atoms with E-state index in [1.807, 2.05) is 54.0 Å². The molecule has 0 saturated carbocycles. The summed E-state index contributed by atoms with van der Waals surface area (Å²) in [5.74, 6) is 1.48. The van der Waals surface area contributed by atoms with Crippen molar-refractivity contribution in [3.05, 3.63) is 71.0 Å². The van der Waals surface area contributed by atoms with Gasteiger partial charge < -0.3 is 5.32 Å². The fraction of sp³-hybridized carbons (Fsp3) is 0.318. The van der Waals surface area contributed by atoms with Crippen LogP contribution >= 0.6 is 23.4 Å². The monoisotopic (exact) mass is 428 g/mol. The first kappa shape index (κ1) is 21.4. The molecule has 5 nitrogen and oxygen atoms in total. The minimum absolute atomic E-state index is 0.00790. The molecule has 1 N–H and O–H groups in total. The van der Waals surface area contributed by atoms with Gasteiger partial charge >= 0.3 is 0 Å². The molecule has 1 unspecified atom stereocenters. The number of rotatable bonds is 8. The summed E-state index contributed by atoms with van der Waals surface area (Å²) in [7, 11) is 0. The van der Waals surface area contributed by atoms with E-state index in [9.17, 15) is 4.79 Å². The predicted molar refractivity (Wildman–Crippen MR) is 119 cm³/mol. The predicted octanol–water partition coefficient (Wildman–Crippen LogP) is 4.76. The summed E-state index contributed by atoms with van der Waals surface area (Å²) in [6.07, 6.45) is 0.646. The molecular weight excluding hydrogens is 404 g/mol. The Morgan fingerprint density at radius 3 is 2.41 bits per heavy atom. The van der Waals surface area contributed by atoms with Crippen molar-refractivity contribution in [2.75, 3.05) is 5.75 Å². The largest absolute Gasteiger partial charge is 0.353 e. The highest BCUT2D eigenvalue weighted by Crippen LogP contribution is 2.24. The molecule has 3 aromatic rings. The SMILES string of the molecule is CC(C)C(C)NC(=O)CSc1nnc(Cc2ccccc2)n1-c1ccc(Cl)cc1. The lowest BCUT2D eigenvalue weighted by Crippen LogP contribution is -2.37. The first-order chi connectivity index (χ1) is 13.9. The summed E-state index contributed by atoms with van der Waals surface area (Å²) in [6.45, 7) is 6.19. The molecule has 0 saturated heterocycles. The van der Waals surface area contributed by atoms with Crippen LogP contribution in [0.4, 0.5) is 0 Å². The molecule has 152 valence electrons. The van der Waals surface area contributed by atoms with E-state index in [-0.39, 0.29) is 17.7 Å². The molecule has 0 fully saturated rings. The Kier molecular flexibility index (Phi) is 7.34. The topological polar surface area (TPSA) is 59.8 Å². The Morgan fingerprint density at radius 1 is 1.07 bits per heavy atom. The molecule has 2 aromatic carbocycles. The van der Waals surface area contributed by atoms with Crippen LogP contribution in [-0.2, 0) is 11.2 Å². The molecule has 1 heterocycles. The number of aromatic nitrogens is 3. The van der Waals surface area contributed by atoms with Crippen LogP contribution in [-0.4, -0.2) is 32.5 Å².